The number of aliphatic hydroxyl groups excluding tert-OH is 1. The van der Waals surface area contributed by atoms with Gasteiger partial charge in [0.2, 0.25) is 0 Å². The molecular formula is C10H11F3NO. The van der Waals surface area contributed by atoms with E-state index in [2.05, 4.69) is 0 Å². The van der Waals surface area contributed by atoms with Crippen LogP contribution in [0.1, 0.15) is 11.6 Å². The highest BCUT2D eigenvalue weighted by Gasteiger charge is 2.39. The molecule has 0 saturated heterocycles. The molecule has 83 valence electrons. The van der Waals surface area contributed by atoms with E-state index < -0.39 is 18.3 Å². The Kier molecular flexibility index (Phi) is 3.71. The molecule has 5 heteroatoms. The molecule has 1 aromatic rings. The Hall–Kier alpha value is -1.07. The third kappa shape index (κ3) is 3.53. The van der Waals surface area contributed by atoms with Crippen LogP contribution in [0.5, 0.6) is 0 Å². The van der Waals surface area contributed by atoms with Gasteiger partial charge in [-0.1, -0.05) is 30.3 Å². The zero-order chi connectivity index (χ0) is 11.5. The molecule has 0 unspecified atom stereocenters. The fraction of sp³-hybridized carbons (Fsp3) is 0.300. The summed E-state index contributed by atoms with van der Waals surface area (Å²) in [5, 5.41) is 8.76. The lowest BCUT2D eigenvalue weighted by Gasteiger charge is -2.18. The zero-order valence-corrected chi connectivity index (χ0v) is 7.78. The molecule has 2 atom stereocenters. The summed E-state index contributed by atoms with van der Waals surface area (Å²) in [6, 6.07) is 7.35. The van der Waals surface area contributed by atoms with Crippen LogP contribution in [0.4, 0.5) is 13.2 Å². The van der Waals surface area contributed by atoms with Gasteiger partial charge >= 0.3 is 6.18 Å². The molecular weight excluding hydrogens is 207 g/mol. The molecule has 15 heavy (non-hydrogen) atoms. The number of alkyl halides is 3. The summed E-state index contributed by atoms with van der Waals surface area (Å²) in [5.41, 5.74) is 6.01. The number of benzene rings is 1. The predicted molar refractivity (Wildman–Crippen MR) is 49.7 cm³/mol. The van der Waals surface area contributed by atoms with Crippen molar-refractivity contribution in [2.24, 2.45) is 5.73 Å². The summed E-state index contributed by atoms with van der Waals surface area (Å²) in [6.07, 6.45) is -6.49. The first-order chi connectivity index (χ1) is 6.91. The highest BCUT2D eigenvalue weighted by atomic mass is 19.4. The van der Waals surface area contributed by atoms with E-state index in [-0.39, 0.29) is 0 Å². The predicted octanol–water partition coefficient (Wildman–Crippen LogP) is 1.81. The van der Waals surface area contributed by atoms with Gasteiger partial charge in [-0.3, -0.25) is 0 Å². The number of hydrogen-bond donors (Lipinski definition) is 2. The summed E-state index contributed by atoms with van der Waals surface area (Å²) in [6.45, 7) is 0. The number of halogens is 3. The zero-order valence-electron chi connectivity index (χ0n) is 7.78. The van der Waals surface area contributed by atoms with Gasteiger partial charge in [-0.05, 0) is 5.56 Å². The number of rotatable bonds is 3. The van der Waals surface area contributed by atoms with Gasteiger partial charge in [0.05, 0.1) is 0 Å². The van der Waals surface area contributed by atoms with Crippen molar-refractivity contribution in [2.75, 3.05) is 0 Å². The normalized spacial score (nSPS) is 16.1. The number of aliphatic hydroxyl groups is 1. The van der Waals surface area contributed by atoms with Gasteiger partial charge < -0.3 is 10.8 Å². The molecule has 0 aliphatic heterocycles. The molecule has 0 fully saturated rings. The molecule has 1 rings (SSSR count). The largest absolute Gasteiger partial charge is 0.414 e. The Labute approximate surface area is 85.5 Å². The van der Waals surface area contributed by atoms with Gasteiger partial charge in [-0.25, -0.2) is 0 Å². The molecule has 0 aliphatic carbocycles. The summed E-state index contributed by atoms with van der Waals surface area (Å²) < 4.78 is 36.0. The molecule has 0 aromatic heterocycles. The van der Waals surface area contributed by atoms with E-state index in [4.69, 9.17) is 10.8 Å². The summed E-state index contributed by atoms with van der Waals surface area (Å²) in [7, 11) is 0. The van der Waals surface area contributed by atoms with Crippen LogP contribution in [0.2, 0.25) is 0 Å². The summed E-state index contributed by atoms with van der Waals surface area (Å²) >= 11 is 0. The molecule has 0 aliphatic rings. The van der Waals surface area contributed by atoms with Crippen molar-refractivity contribution in [3.05, 3.63) is 42.3 Å². The van der Waals surface area contributed by atoms with Crippen LogP contribution in [0.3, 0.4) is 0 Å². The maximum Gasteiger partial charge on any atom is 0.414 e. The second kappa shape index (κ2) is 4.63. The van der Waals surface area contributed by atoms with Crippen molar-refractivity contribution in [2.45, 2.75) is 18.3 Å². The second-order valence-corrected chi connectivity index (χ2v) is 3.12. The van der Waals surface area contributed by atoms with Crippen LogP contribution in [-0.4, -0.2) is 17.4 Å². The van der Waals surface area contributed by atoms with E-state index in [9.17, 15) is 13.2 Å². The van der Waals surface area contributed by atoms with E-state index in [0.29, 0.717) is 12.0 Å². The number of nitrogens with two attached hydrogens (primary N) is 1. The lowest BCUT2D eigenvalue weighted by Crippen LogP contribution is -2.32. The fourth-order valence-electron chi connectivity index (χ4n) is 1.09. The van der Waals surface area contributed by atoms with Crippen LogP contribution in [0, 0.1) is 6.42 Å². The van der Waals surface area contributed by atoms with E-state index in [1.807, 2.05) is 0 Å². The van der Waals surface area contributed by atoms with Crippen molar-refractivity contribution in [3.63, 3.8) is 0 Å². The minimum Gasteiger partial charge on any atom is -0.383 e. The van der Waals surface area contributed by atoms with Crippen molar-refractivity contribution < 1.29 is 18.3 Å². The first kappa shape index (κ1) is 12.0. The molecule has 0 spiro atoms. The smallest absolute Gasteiger partial charge is 0.383 e. The minimum atomic E-state index is -4.66. The highest BCUT2D eigenvalue weighted by Crippen LogP contribution is 2.26. The monoisotopic (exact) mass is 218 g/mol. The Balaban J connectivity index is 2.61. The Morgan fingerprint density at radius 1 is 1.20 bits per heavy atom. The molecule has 2 nitrogen and oxygen atoms in total. The van der Waals surface area contributed by atoms with Gasteiger partial charge in [0.1, 0.15) is 0 Å². The average molecular weight is 218 g/mol. The van der Waals surface area contributed by atoms with Gasteiger partial charge in [0.15, 0.2) is 6.10 Å². The van der Waals surface area contributed by atoms with Gasteiger partial charge in [0.25, 0.3) is 0 Å². The van der Waals surface area contributed by atoms with E-state index in [1.54, 1.807) is 30.3 Å². The van der Waals surface area contributed by atoms with Crippen molar-refractivity contribution >= 4 is 0 Å². The quantitative estimate of drug-likeness (QED) is 0.812. The Bertz CT molecular complexity index is 299. The lowest BCUT2D eigenvalue weighted by molar-refractivity contribution is -0.193. The number of hydrogen-bond acceptors (Lipinski definition) is 2. The maximum atomic E-state index is 12.0. The second-order valence-electron chi connectivity index (χ2n) is 3.12. The third-order valence-corrected chi connectivity index (χ3v) is 1.91. The molecule has 1 radical (unpaired) electrons. The lowest BCUT2D eigenvalue weighted by atomic mass is 10.0. The van der Waals surface area contributed by atoms with Crippen LogP contribution in [0.25, 0.3) is 0 Å². The topological polar surface area (TPSA) is 46.2 Å². The fourth-order valence-corrected chi connectivity index (χ4v) is 1.09. The standard InChI is InChI=1S/C10H11F3NO/c11-10(12,13)9(15)6-8(14)7-4-2-1-3-5-7/h1-6,8-9,15H,14H2/t8-,9-/m1/s1. The molecule has 0 heterocycles. The van der Waals surface area contributed by atoms with Crippen LogP contribution in [0.15, 0.2) is 30.3 Å². The van der Waals surface area contributed by atoms with Gasteiger partial charge in [-0.2, -0.15) is 13.2 Å². The SMILES string of the molecule is N[C@H]([CH][C@@H](O)C(F)(F)F)c1ccccc1. The minimum absolute atomic E-state index is 0.529. The molecule has 1 aromatic carbocycles. The first-order valence-electron chi connectivity index (χ1n) is 4.31. The Morgan fingerprint density at radius 2 is 1.73 bits per heavy atom. The molecule has 0 bridgehead atoms. The van der Waals surface area contributed by atoms with Crippen molar-refractivity contribution in [1.29, 1.82) is 0 Å². The van der Waals surface area contributed by atoms with Gasteiger partial charge in [0, 0.05) is 12.5 Å². The van der Waals surface area contributed by atoms with Crippen molar-refractivity contribution in [3.8, 4) is 0 Å². The summed E-state index contributed by atoms with van der Waals surface area (Å²) in [5.74, 6) is 0. The molecule has 3 N–H and O–H groups in total. The van der Waals surface area contributed by atoms with E-state index in [0.717, 1.165) is 0 Å². The third-order valence-electron chi connectivity index (χ3n) is 1.91. The van der Waals surface area contributed by atoms with E-state index >= 15 is 0 Å². The van der Waals surface area contributed by atoms with Crippen molar-refractivity contribution in [1.82, 2.24) is 0 Å². The van der Waals surface area contributed by atoms with Gasteiger partial charge in [-0.15, -0.1) is 0 Å². The summed E-state index contributed by atoms with van der Waals surface area (Å²) in [4.78, 5) is 0. The first-order valence-corrected chi connectivity index (χ1v) is 4.31. The maximum absolute atomic E-state index is 12.0. The van der Waals surface area contributed by atoms with Crippen LogP contribution < -0.4 is 5.73 Å². The Morgan fingerprint density at radius 3 is 2.20 bits per heavy atom. The van der Waals surface area contributed by atoms with E-state index in [1.165, 1.54) is 0 Å². The molecule has 0 amide bonds. The average Bonchev–Trinajstić information content (AvgIpc) is 2.17. The molecule has 0 saturated carbocycles. The highest BCUT2D eigenvalue weighted by molar-refractivity contribution is 5.21. The van der Waals surface area contributed by atoms with Crippen LogP contribution >= 0.6 is 0 Å². The van der Waals surface area contributed by atoms with Crippen LogP contribution in [-0.2, 0) is 0 Å².